The third kappa shape index (κ3) is 2.86. The molecule has 1 aliphatic rings. The van der Waals surface area contributed by atoms with E-state index in [4.69, 9.17) is 0 Å². The standard InChI is InChI=1S/C19H23N5/c1-15-17(13-16-9-5-4-6-10-16)18(23-11-7-2-3-8-12-23)24-19(22-15)20-14-21-24/h4-6,9-10,14H,2-3,7-8,11-13H2,1H3. The van der Waals surface area contributed by atoms with Gasteiger partial charge in [0.15, 0.2) is 0 Å². The molecule has 0 atom stereocenters. The van der Waals surface area contributed by atoms with E-state index in [0.717, 1.165) is 25.2 Å². The van der Waals surface area contributed by atoms with Gasteiger partial charge in [0.05, 0.1) is 0 Å². The Labute approximate surface area is 142 Å². The minimum Gasteiger partial charge on any atom is -0.356 e. The van der Waals surface area contributed by atoms with Gasteiger partial charge >= 0.3 is 0 Å². The Hall–Kier alpha value is -2.43. The van der Waals surface area contributed by atoms with E-state index in [9.17, 15) is 0 Å². The lowest BCUT2D eigenvalue weighted by Gasteiger charge is -2.26. The van der Waals surface area contributed by atoms with Gasteiger partial charge in [-0.2, -0.15) is 14.6 Å². The van der Waals surface area contributed by atoms with Gasteiger partial charge in [0, 0.05) is 30.8 Å². The van der Waals surface area contributed by atoms with Gasteiger partial charge in [0.2, 0.25) is 0 Å². The summed E-state index contributed by atoms with van der Waals surface area (Å²) < 4.78 is 1.93. The van der Waals surface area contributed by atoms with Crippen LogP contribution in [0.15, 0.2) is 36.7 Å². The highest BCUT2D eigenvalue weighted by Gasteiger charge is 2.21. The van der Waals surface area contributed by atoms with Crippen molar-refractivity contribution in [2.75, 3.05) is 18.0 Å². The van der Waals surface area contributed by atoms with Crippen molar-refractivity contribution in [3.63, 3.8) is 0 Å². The van der Waals surface area contributed by atoms with Gasteiger partial charge in [0.25, 0.3) is 5.78 Å². The monoisotopic (exact) mass is 321 g/mol. The maximum Gasteiger partial charge on any atom is 0.254 e. The molecule has 3 aromatic rings. The van der Waals surface area contributed by atoms with E-state index in [1.54, 1.807) is 6.33 Å². The molecule has 0 radical (unpaired) electrons. The maximum absolute atomic E-state index is 4.67. The molecule has 5 heteroatoms. The first-order chi connectivity index (χ1) is 11.8. The first kappa shape index (κ1) is 15.1. The second kappa shape index (κ2) is 6.59. The fourth-order valence-electron chi connectivity index (χ4n) is 3.58. The molecule has 5 nitrogen and oxygen atoms in total. The van der Waals surface area contributed by atoms with Crippen LogP contribution in [0.4, 0.5) is 5.82 Å². The molecule has 124 valence electrons. The summed E-state index contributed by atoms with van der Waals surface area (Å²) in [6.45, 7) is 4.26. The van der Waals surface area contributed by atoms with E-state index in [1.165, 1.54) is 42.6 Å². The number of nitrogens with zero attached hydrogens (tertiary/aromatic N) is 5. The summed E-state index contributed by atoms with van der Waals surface area (Å²) in [7, 11) is 0. The van der Waals surface area contributed by atoms with Crippen LogP contribution < -0.4 is 4.90 Å². The molecule has 3 heterocycles. The predicted molar refractivity (Wildman–Crippen MR) is 95.4 cm³/mol. The quantitative estimate of drug-likeness (QED) is 0.742. The average molecular weight is 321 g/mol. The number of aryl methyl sites for hydroxylation is 1. The Morgan fingerprint density at radius 2 is 1.75 bits per heavy atom. The van der Waals surface area contributed by atoms with Crippen molar-refractivity contribution in [2.45, 2.75) is 39.0 Å². The molecule has 1 saturated heterocycles. The number of anilines is 1. The second-order valence-corrected chi connectivity index (χ2v) is 6.53. The molecule has 1 aromatic carbocycles. The van der Waals surface area contributed by atoms with Crippen LogP contribution in [0.5, 0.6) is 0 Å². The Balaban J connectivity index is 1.84. The molecule has 0 unspecified atom stereocenters. The minimum atomic E-state index is 0.698. The topological polar surface area (TPSA) is 46.3 Å². The van der Waals surface area contributed by atoms with Gasteiger partial charge in [0.1, 0.15) is 12.1 Å². The van der Waals surface area contributed by atoms with Crippen molar-refractivity contribution < 1.29 is 0 Å². The van der Waals surface area contributed by atoms with Crippen LogP contribution >= 0.6 is 0 Å². The van der Waals surface area contributed by atoms with Gasteiger partial charge in [-0.25, -0.2) is 4.98 Å². The lowest BCUT2D eigenvalue weighted by molar-refractivity contribution is 0.726. The minimum absolute atomic E-state index is 0.698. The van der Waals surface area contributed by atoms with Crippen molar-refractivity contribution in [1.29, 1.82) is 0 Å². The fraction of sp³-hybridized carbons (Fsp3) is 0.421. The largest absolute Gasteiger partial charge is 0.356 e. The third-order valence-corrected chi connectivity index (χ3v) is 4.83. The van der Waals surface area contributed by atoms with E-state index < -0.39 is 0 Å². The zero-order valence-electron chi connectivity index (χ0n) is 14.1. The molecule has 24 heavy (non-hydrogen) atoms. The van der Waals surface area contributed by atoms with Crippen molar-refractivity contribution in [2.24, 2.45) is 0 Å². The summed E-state index contributed by atoms with van der Waals surface area (Å²) in [6.07, 6.45) is 7.59. The van der Waals surface area contributed by atoms with Crippen molar-refractivity contribution >= 4 is 11.6 Å². The fourth-order valence-corrected chi connectivity index (χ4v) is 3.58. The van der Waals surface area contributed by atoms with Gasteiger partial charge in [-0.05, 0) is 25.3 Å². The number of benzene rings is 1. The summed E-state index contributed by atoms with van der Waals surface area (Å²) >= 11 is 0. The highest BCUT2D eigenvalue weighted by molar-refractivity contribution is 5.56. The van der Waals surface area contributed by atoms with Crippen LogP contribution in [0.3, 0.4) is 0 Å². The van der Waals surface area contributed by atoms with Crippen LogP contribution in [0.2, 0.25) is 0 Å². The predicted octanol–water partition coefficient (Wildman–Crippen LogP) is 3.40. The van der Waals surface area contributed by atoms with Crippen LogP contribution in [-0.4, -0.2) is 32.7 Å². The van der Waals surface area contributed by atoms with Crippen LogP contribution in [0.1, 0.15) is 42.5 Å². The molecular formula is C19H23N5. The molecule has 2 aromatic heterocycles. The van der Waals surface area contributed by atoms with Gasteiger partial charge in [-0.15, -0.1) is 0 Å². The van der Waals surface area contributed by atoms with E-state index >= 15 is 0 Å². The van der Waals surface area contributed by atoms with Gasteiger partial charge in [-0.1, -0.05) is 43.2 Å². The second-order valence-electron chi connectivity index (χ2n) is 6.53. The molecule has 0 amide bonds. The van der Waals surface area contributed by atoms with Gasteiger partial charge in [-0.3, -0.25) is 0 Å². The van der Waals surface area contributed by atoms with Crippen molar-refractivity contribution in [1.82, 2.24) is 19.6 Å². The molecule has 0 spiro atoms. The zero-order valence-corrected chi connectivity index (χ0v) is 14.1. The van der Waals surface area contributed by atoms with E-state index in [2.05, 4.69) is 57.2 Å². The Morgan fingerprint density at radius 3 is 2.50 bits per heavy atom. The SMILES string of the molecule is Cc1nc2ncnn2c(N2CCCCCC2)c1Cc1ccccc1. The smallest absolute Gasteiger partial charge is 0.254 e. The normalized spacial score (nSPS) is 15.6. The molecular weight excluding hydrogens is 298 g/mol. The molecule has 0 aliphatic carbocycles. The van der Waals surface area contributed by atoms with Crippen LogP contribution in [-0.2, 0) is 6.42 Å². The molecule has 4 rings (SSSR count). The van der Waals surface area contributed by atoms with E-state index in [-0.39, 0.29) is 0 Å². The molecule has 0 N–H and O–H groups in total. The maximum atomic E-state index is 4.67. The average Bonchev–Trinajstić information content (AvgIpc) is 2.89. The van der Waals surface area contributed by atoms with Gasteiger partial charge < -0.3 is 4.90 Å². The summed E-state index contributed by atoms with van der Waals surface area (Å²) in [5, 5.41) is 4.47. The number of rotatable bonds is 3. The lowest BCUT2D eigenvalue weighted by atomic mass is 10.0. The molecule has 0 saturated carbocycles. The number of hydrogen-bond donors (Lipinski definition) is 0. The molecule has 1 aliphatic heterocycles. The number of aromatic nitrogens is 4. The molecule has 1 fully saturated rings. The van der Waals surface area contributed by atoms with E-state index in [1.807, 2.05) is 4.52 Å². The first-order valence-electron chi connectivity index (χ1n) is 8.81. The van der Waals surface area contributed by atoms with Crippen molar-refractivity contribution in [3.05, 3.63) is 53.5 Å². The van der Waals surface area contributed by atoms with E-state index in [0.29, 0.717) is 5.78 Å². The van der Waals surface area contributed by atoms with Crippen LogP contribution in [0.25, 0.3) is 5.78 Å². The number of hydrogen-bond acceptors (Lipinski definition) is 4. The Bertz CT molecular complexity index is 816. The zero-order chi connectivity index (χ0) is 16.4. The summed E-state index contributed by atoms with van der Waals surface area (Å²) in [4.78, 5) is 11.5. The summed E-state index contributed by atoms with van der Waals surface area (Å²) in [6, 6.07) is 10.6. The highest BCUT2D eigenvalue weighted by atomic mass is 15.4. The van der Waals surface area contributed by atoms with Crippen LogP contribution in [0, 0.1) is 6.92 Å². The first-order valence-corrected chi connectivity index (χ1v) is 8.81. The van der Waals surface area contributed by atoms with Crippen molar-refractivity contribution in [3.8, 4) is 0 Å². The molecule has 0 bridgehead atoms. The Kier molecular flexibility index (Phi) is 4.15. The number of fused-ring (bicyclic) bond motifs is 1. The highest BCUT2D eigenvalue weighted by Crippen LogP contribution is 2.28. The Morgan fingerprint density at radius 1 is 1.00 bits per heavy atom. The summed E-state index contributed by atoms with van der Waals surface area (Å²) in [5.41, 5.74) is 3.62. The summed E-state index contributed by atoms with van der Waals surface area (Å²) in [5.74, 6) is 1.88. The third-order valence-electron chi connectivity index (χ3n) is 4.83. The lowest BCUT2D eigenvalue weighted by Crippen LogP contribution is -2.28.